The molecule has 0 fully saturated rings. The number of anilines is 1. The third-order valence-corrected chi connectivity index (χ3v) is 7.96. The molecule has 2 aromatic rings. The minimum Gasteiger partial charge on any atom is -0.345 e. The lowest BCUT2D eigenvalue weighted by molar-refractivity contribution is 0.101. The van der Waals surface area contributed by atoms with Crippen LogP contribution in [0.15, 0.2) is 29.3 Å². The average molecular weight is 448 g/mol. The van der Waals surface area contributed by atoms with E-state index < -0.39 is 16.1 Å². The van der Waals surface area contributed by atoms with E-state index >= 15 is 0 Å². The molecule has 0 aliphatic carbocycles. The minimum absolute atomic E-state index is 0.0776. The van der Waals surface area contributed by atoms with Gasteiger partial charge in [-0.25, -0.2) is 13.8 Å². The molecule has 2 heterocycles. The Hall–Kier alpha value is -2.54. The van der Waals surface area contributed by atoms with Crippen LogP contribution in [0.25, 0.3) is 0 Å². The predicted molar refractivity (Wildman–Crippen MR) is 121 cm³/mol. The first-order valence-electron chi connectivity index (χ1n) is 10.5. The molecule has 1 aliphatic rings. The SMILES string of the molecule is CCN[SH]1(=O)NC(CC(C)C)CCc2c1cn(C)c2C(=O)Nc1ccc(F)c(C#N)c1. The molecule has 1 unspecified atom stereocenters. The molecule has 0 radical (unpaired) electrons. The third-order valence-electron chi connectivity index (χ3n) is 5.41. The molecule has 0 saturated carbocycles. The Morgan fingerprint density at radius 3 is 2.84 bits per heavy atom. The largest absolute Gasteiger partial charge is 0.345 e. The van der Waals surface area contributed by atoms with Crippen molar-refractivity contribution in [3.63, 3.8) is 0 Å². The molecule has 1 atom stereocenters. The van der Waals surface area contributed by atoms with E-state index in [1.54, 1.807) is 23.9 Å². The van der Waals surface area contributed by atoms with Gasteiger partial charge in [0.15, 0.2) is 0 Å². The fourth-order valence-corrected chi connectivity index (χ4v) is 6.69. The van der Waals surface area contributed by atoms with Gasteiger partial charge in [-0.3, -0.25) is 9.00 Å². The lowest BCUT2D eigenvalue weighted by Crippen LogP contribution is -2.48. The van der Waals surface area contributed by atoms with Crippen molar-refractivity contribution in [1.29, 1.82) is 5.26 Å². The number of carbonyl (C=O) groups excluding carboxylic acids is 1. The van der Waals surface area contributed by atoms with Crippen LogP contribution in [0.4, 0.5) is 10.1 Å². The molecular formula is C22H30FN5O2S. The first kappa shape index (κ1) is 23.1. The van der Waals surface area contributed by atoms with Gasteiger partial charge in [0, 0.05) is 41.8 Å². The molecule has 1 aliphatic heterocycles. The molecule has 0 spiro atoms. The van der Waals surface area contributed by atoms with E-state index in [2.05, 4.69) is 28.6 Å². The number of nitriles is 1. The summed E-state index contributed by atoms with van der Waals surface area (Å²) in [6.45, 7) is 6.70. The number of halogens is 1. The number of amides is 1. The summed E-state index contributed by atoms with van der Waals surface area (Å²) in [4.78, 5) is 13.8. The number of hydrogen-bond acceptors (Lipinski definition) is 3. The second-order valence-corrected chi connectivity index (χ2v) is 10.6. The summed E-state index contributed by atoms with van der Waals surface area (Å²) in [5.41, 5.74) is 1.37. The number of fused-ring (bicyclic) bond motifs is 1. The molecule has 3 N–H and O–H groups in total. The normalized spacial score (nSPS) is 18.7. The number of thiol groups is 1. The summed E-state index contributed by atoms with van der Waals surface area (Å²) >= 11 is 0. The standard InChI is InChI=1S/C22H30FN5O2S/c1-5-25-31(30)20-13-28(4)21(18(20)8-6-17(27-31)10-14(2)3)22(29)26-16-7-9-19(23)15(11-16)12-24/h7,9,11,13-14,17,31H,5-6,8,10H2,1-4H3,(H,26,29)(H2,25,27,30). The van der Waals surface area contributed by atoms with Crippen LogP contribution in [0.2, 0.25) is 0 Å². The van der Waals surface area contributed by atoms with E-state index in [-0.39, 0.29) is 17.5 Å². The quantitative estimate of drug-likeness (QED) is 0.512. The number of aryl methyl sites for hydroxylation is 1. The lowest BCUT2D eigenvalue weighted by Gasteiger charge is -2.29. The van der Waals surface area contributed by atoms with Gasteiger partial charge >= 0.3 is 0 Å². The zero-order chi connectivity index (χ0) is 22.8. The number of benzene rings is 1. The number of hydrogen-bond donors (Lipinski definition) is 4. The van der Waals surface area contributed by atoms with Crippen LogP contribution < -0.4 is 14.8 Å². The Kier molecular flexibility index (Phi) is 6.94. The molecule has 0 saturated heterocycles. The van der Waals surface area contributed by atoms with E-state index in [1.165, 1.54) is 12.1 Å². The Bertz CT molecular complexity index is 1070. The number of carbonyl (C=O) groups is 1. The maximum absolute atomic E-state index is 13.9. The van der Waals surface area contributed by atoms with E-state index in [1.807, 2.05) is 6.92 Å². The molecule has 1 aromatic carbocycles. The maximum Gasteiger partial charge on any atom is 0.272 e. The molecule has 1 amide bonds. The van der Waals surface area contributed by atoms with E-state index in [4.69, 9.17) is 5.26 Å². The molecule has 3 rings (SSSR count). The summed E-state index contributed by atoms with van der Waals surface area (Å²) in [7, 11) is -1.35. The zero-order valence-electron chi connectivity index (χ0n) is 18.3. The number of rotatable bonds is 6. The topological polar surface area (TPSA) is 98.9 Å². The Morgan fingerprint density at radius 1 is 1.45 bits per heavy atom. The summed E-state index contributed by atoms with van der Waals surface area (Å²) in [6.07, 6.45) is 4.02. The van der Waals surface area contributed by atoms with Crippen molar-refractivity contribution in [2.24, 2.45) is 13.0 Å². The van der Waals surface area contributed by atoms with Crippen molar-refractivity contribution >= 4 is 21.9 Å². The van der Waals surface area contributed by atoms with E-state index in [0.717, 1.165) is 24.5 Å². The summed E-state index contributed by atoms with van der Waals surface area (Å²) < 4.78 is 35.7. The number of nitrogens with one attached hydrogen (secondary N) is 3. The minimum atomic E-state index is -3.10. The van der Waals surface area contributed by atoms with Crippen LogP contribution in [-0.2, 0) is 23.8 Å². The van der Waals surface area contributed by atoms with Crippen LogP contribution in [-0.4, -0.2) is 27.3 Å². The highest BCUT2D eigenvalue weighted by Crippen LogP contribution is 2.31. The van der Waals surface area contributed by atoms with Gasteiger partial charge in [0.2, 0.25) is 0 Å². The molecule has 1 aromatic heterocycles. The highest BCUT2D eigenvalue weighted by molar-refractivity contribution is 7.99. The average Bonchev–Trinajstić information content (AvgIpc) is 2.98. The van der Waals surface area contributed by atoms with Crippen molar-refractivity contribution in [2.45, 2.75) is 51.0 Å². The summed E-state index contributed by atoms with van der Waals surface area (Å²) in [5, 5.41) is 11.8. The Balaban J connectivity index is 1.98. The highest BCUT2D eigenvalue weighted by Gasteiger charge is 2.33. The first-order valence-corrected chi connectivity index (χ1v) is 12.2. The molecular weight excluding hydrogens is 417 g/mol. The molecule has 0 bridgehead atoms. The Morgan fingerprint density at radius 2 is 2.19 bits per heavy atom. The second-order valence-electron chi connectivity index (χ2n) is 8.33. The van der Waals surface area contributed by atoms with Gasteiger partial charge in [0.25, 0.3) is 5.91 Å². The van der Waals surface area contributed by atoms with Crippen LogP contribution in [0, 0.1) is 23.1 Å². The van der Waals surface area contributed by atoms with Crippen LogP contribution in [0.3, 0.4) is 0 Å². The predicted octanol–water partition coefficient (Wildman–Crippen LogP) is 3.05. The van der Waals surface area contributed by atoms with Gasteiger partial charge in [-0.2, -0.15) is 5.26 Å². The van der Waals surface area contributed by atoms with Gasteiger partial charge in [-0.1, -0.05) is 20.8 Å². The molecule has 9 heteroatoms. The highest BCUT2D eigenvalue weighted by atomic mass is 32.3. The zero-order valence-corrected chi connectivity index (χ0v) is 19.2. The monoisotopic (exact) mass is 447 g/mol. The number of nitrogens with zero attached hydrogens (tertiary/aromatic N) is 2. The second kappa shape index (κ2) is 9.30. The summed E-state index contributed by atoms with van der Waals surface area (Å²) in [6, 6.07) is 5.72. The molecule has 7 nitrogen and oxygen atoms in total. The van der Waals surface area contributed by atoms with Gasteiger partial charge in [0.1, 0.15) is 17.6 Å². The summed E-state index contributed by atoms with van der Waals surface area (Å²) in [5.74, 6) is -0.571. The lowest BCUT2D eigenvalue weighted by atomic mass is 9.98. The smallest absolute Gasteiger partial charge is 0.272 e. The van der Waals surface area contributed by atoms with E-state index in [0.29, 0.717) is 35.2 Å². The van der Waals surface area contributed by atoms with Gasteiger partial charge < -0.3 is 9.88 Å². The van der Waals surface area contributed by atoms with Gasteiger partial charge in [0.05, 0.1) is 10.5 Å². The van der Waals surface area contributed by atoms with E-state index in [9.17, 15) is 13.4 Å². The van der Waals surface area contributed by atoms with Crippen LogP contribution in [0.1, 0.15) is 55.2 Å². The van der Waals surface area contributed by atoms with Crippen molar-refractivity contribution in [3.8, 4) is 6.07 Å². The fourth-order valence-electron chi connectivity index (χ4n) is 4.16. The Labute approximate surface area is 183 Å². The van der Waals surface area contributed by atoms with Gasteiger partial charge in [-0.15, -0.1) is 0 Å². The van der Waals surface area contributed by atoms with Gasteiger partial charge in [-0.05, 0) is 48.9 Å². The first-order chi connectivity index (χ1) is 14.7. The van der Waals surface area contributed by atoms with Crippen molar-refractivity contribution in [2.75, 3.05) is 11.9 Å². The third kappa shape index (κ3) is 4.87. The number of aromatic nitrogens is 1. The fraction of sp³-hybridized carbons (Fsp3) is 0.455. The maximum atomic E-state index is 13.9. The van der Waals surface area contributed by atoms with Crippen molar-refractivity contribution in [3.05, 3.63) is 47.0 Å². The van der Waals surface area contributed by atoms with Crippen molar-refractivity contribution in [1.82, 2.24) is 14.0 Å². The molecule has 31 heavy (non-hydrogen) atoms. The van der Waals surface area contributed by atoms with Crippen molar-refractivity contribution < 1.29 is 13.4 Å². The van der Waals surface area contributed by atoms with Crippen LogP contribution >= 0.6 is 0 Å². The molecule has 168 valence electrons. The van der Waals surface area contributed by atoms with Crippen LogP contribution in [0.5, 0.6) is 0 Å².